The molecule has 0 aromatic rings. The summed E-state index contributed by atoms with van der Waals surface area (Å²) in [6.07, 6.45) is 45.6. The topological polar surface area (TPSA) is 86.2 Å². The Kier molecular flexibility index (Phi) is 56.2. The molecule has 0 aliphatic heterocycles. The third kappa shape index (κ3) is 68.6. The predicted molar refractivity (Wildman–Crippen MR) is 177 cm³/mol. The summed E-state index contributed by atoms with van der Waals surface area (Å²) in [5.74, 6) is 0. The van der Waals surface area contributed by atoms with Crippen LogP contribution in [0.15, 0.2) is 0 Å². The first-order chi connectivity index (χ1) is 19.8. The molecule has 0 atom stereocenters. The predicted octanol–water partition coefficient (Wildman–Crippen LogP) is 11.3. The molecular weight excluding hydrogens is 672 g/mol. The molecule has 0 bridgehead atoms. The molecule has 253 valence electrons. The van der Waals surface area contributed by atoms with E-state index in [1.807, 2.05) is 0 Å². The van der Waals surface area contributed by atoms with Crippen molar-refractivity contribution in [3.05, 3.63) is 13.8 Å². The molecule has 0 amide bonds. The van der Waals surface area contributed by atoms with Gasteiger partial charge in [0, 0.05) is 0 Å². The van der Waals surface area contributed by atoms with Crippen LogP contribution in [0.1, 0.15) is 219 Å². The molecule has 0 unspecified atom stereocenters. The zero-order chi connectivity index (χ0) is 31.1. The van der Waals surface area contributed by atoms with E-state index in [0.29, 0.717) is 0 Å². The normalized spacial score (nSPS) is 10.8. The Labute approximate surface area is 298 Å². The fraction of sp³-hybridized carbons (Fsp3) is 0.944. The summed E-state index contributed by atoms with van der Waals surface area (Å²) in [6.45, 7) is 12.4. The standard InChI is InChI=1S/2C18H37.Nd.H3O4P/c2*1-3-5-7-9-11-13-15-17-18-16-14-12-10-8-6-4-2;;1-5(2,3)4/h2*1,3-18H2,2H3;;(H3,1,2,3,4)/q2*-1;+3;/p-3. The first-order valence-electron chi connectivity index (χ1n) is 18.1. The van der Waals surface area contributed by atoms with Crippen LogP contribution in [0.3, 0.4) is 0 Å². The Hall–Kier alpha value is 1.46. The van der Waals surface area contributed by atoms with Crippen LogP contribution in [0.5, 0.6) is 0 Å². The van der Waals surface area contributed by atoms with Gasteiger partial charge in [-0.2, -0.15) is 20.7 Å². The average molecular weight is 746 g/mol. The number of unbranched alkanes of at least 4 members (excludes halogenated alkanes) is 30. The molecule has 1 radical (unpaired) electrons. The molecule has 0 saturated heterocycles. The zero-order valence-electron chi connectivity index (χ0n) is 28.6. The second-order valence-electron chi connectivity index (χ2n) is 12.1. The van der Waals surface area contributed by atoms with E-state index >= 15 is 0 Å². The molecule has 0 rings (SSSR count). The van der Waals surface area contributed by atoms with Crippen molar-refractivity contribution in [2.45, 2.75) is 219 Å². The van der Waals surface area contributed by atoms with Gasteiger partial charge in [0.2, 0.25) is 0 Å². The van der Waals surface area contributed by atoms with E-state index in [9.17, 15) is 0 Å². The fourth-order valence-corrected chi connectivity index (χ4v) is 5.10. The van der Waals surface area contributed by atoms with Crippen LogP contribution < -0.4 is 14.7 Å². The van der Waals surface area contributed by atoms with E-state index < -0.39 is 7.82 Å². The minimum absolute atomic E-state index is 0. The van der Waals surface area contributed by atoms with Crippen LogP contribution in [-0.4, -0.2) is 0 Å². The molecule has 0 saturated carbocycles. The number of hydrogen-bond donors (Lipinski definition) is 0. The van der Waals surface area contributed by atoms with Gasteiger partial charge in [0.1, 0.15) is 0 Å². The van der Waals surface area contributed by atoms with E-state index in [2.05, 4.69) is 27.7 Å². The molecule has 42 heavy (non-hydrogen) atoms. The smallest absolute Gasteiger partial charge is 0.822 e. The van der Waals surface area contributed by atoms with Crippen molar-refractivity contribution in [1.29, 1.82) is 0 Å². The monoisotopic (exact) mass is 743 g/mol. The minimum Gasteiger partial charge on any atom is -0.822 e. The van der Waals surface area contributed by atoms with E-state index in [1.54, 1.807) is 0 Å². The molecule has 0 heterocycles. The van der Waals surface area contributed by atoms with Gasteiger partial charge in [0.05, 0.1) is 0 Å². The Morgan fingerprint density at radius 1 is 0.357 bits per heavy atom. The van der Waals surface area contributed by atoms with Crippen LogP contribution in [-0.2, 0) is 4.57 Å². The van der Waals surface area contributed by atoms with Gasteiger partial charge in [-0.05, 0) is 0 Å². The molecule has 0 spiro atoms. The third-order valence-electron chi connectivity index (χ3n) is 7.71. The first kappa shape index (κ1) is 50.3. The summed E-state index contributed by atoms with van der Waals surface area (Å²) < 4.78 is 8.55. The van der Waals surface area contributed by atoms with Gasteiger partial charge in [-0.1, -0.05) is 206 Å². The molecule has 0 N–H and O–H groups in total. The third-order valence-corrected chi connectivity index (χ3v) is 7.71. The average Bonchev–Trinajstić information content (AvgIpc) is 2.93. The Morgan fingerprint density at radius 3 is 0.595 bits per heavy atom. The zero-order valence-corrected chi connectivity index (χ0v) is 32.7. The maximum atomic E-state index is 8.55. The van der Waals surface area contributed by atoms with Crippen LogP contribution in [0.4, 0.5) is 0 Å². The van der Waals surface area contributed by atoms with Gasteiger partial charge in [0.25, 0.3) is 0 Å². The van der Waals surface area contributed by atoms with Crippen molar-refractivity contribution >= 4 is 7.82 Å². The molecule has 4 nitrogen and oxygen atoms in total. The first-order valence-corrected chi connectivity index (χ1v) is 19.6. The van der Waals surface area contributed by atoms with Gasteiger partial charge < -0.3 is 33.1 Å². The summed E-state index contributed by atoms with van der Waals surface area (Å²) >= 11 is 0. The molecule has 0 fully saturated rings. The van der Waals surface area contributed by atoms with Gasteiger partial charge in [-0.15, -0.1) is 0 Å². The SMILES string of the molecule is O=P([O-])([O-])[O-].[CH2-]CCCCCCCCCCCCCCCCC.[CH2-]CCCCCCCCCCCCCCCCC.[Nd+3]. The number of rotatable bonds is 30. The summed E-state index contributed by atoms with van der Waals surface area (Å²) in [5, 5.41) is 0. The van der Waals surface area contributed by atoms with Gasteiger partial charge in [-0.25, -0.2) is 0 Å². The van der Waals surface area contributed by atoms with Crippen molar-refractivity contribution in [3.63, 3.8) is 0 Å². The minimum atomic E-state index is -5.39. The Balaban J connectivity index is -0.000000290. The van der Waals surface area contributed by atoms with Crippen LogP contribution in [0.2, 0.25) is 0 Å². The maximum Gasteiger partial charge on any atom is 3.00 e. The van der Waals surface area contributed by atoms with Crippen LogP contribution >= 0.6 is 7.82 Å². The second kappa shape index (κ2) is 46.9. The Morgan fingerprint density at radius 2 is 0.476 bits per heavy atom. The fourth-order valence-electron chi connectivity index (χ4n) is 5.10. The van der Waals surface area contributed by atoms with E-state index in [4.69, 9.17) is 19.2 Å². The number of hydrogen-bond acceptors (Lipinski definition) is 4. The molecule has 0 aromatic heterocycles. The summed E-state index contributed by atoms with van der Waals surface area (Å²) in [5.41, 5.74) is 0. The van der Waals surface area contributed by atoms with Gasteiger partial charge >= 0.3 is 40.8 Å². The van der Waals surface area contributed by atoms with Crippen LogP contribution in [0, 0.1) is 54.7 Å². The van der Waals surface area contributed by atoms with Gasteiger partial charge in [0.15, 0.2) is 0 Å². The molecule has 6 heteroatoms. The van der Waals surface area contributed by atoms with E-state index in [-0.39, 0.29) is 40.8 Å². The molecule has 0 aromatic carbocycles. The second-order valence-corrected chi connectivity index (χ2v) is 12.9. The van der Waals surface area contributed by atoms with Crippen molar-refractivity contribution < 1.29 is 60.1 Å². The summed E-state index contributed by atoms with van der Waals surface area (Å²) in [4.78, 5) is 25.6. The quantitative estimate of drug-likeness (QED) is 0.0416. The molecular formula is C36H74NdO4P-2. The molecule has 0 aliphatic rings. The summed E-state index contributed by atoms with van der Waals surface area (Å²) in [6, 6.07) is 0. The van der Waals surface area contributed by atoms with Crippen molar-refractivity contribution in [1.82, 2.24) is 0 Å². The van der Waals surface area contributed by atoms with Crippen molar-refractivity contribution in [2.24, 2.45) is 0 Å². The van der Waals surface area contributed by atoms with Crippen molar-refractivity contribution in [3.8, 4) is 0 Å². The Bertz CT molecular complexity index is 401. The van der Waals surface area contributed by atoms with E-state index in [0.717, 1.165) is 12.8 Å². The van der Waals surface area contributed by atoms with Crippen molar-refractivity contribution in [2.75, 3.05) is 0 Å². The summed E-state index contributed by atoms with van der Waals surface area (Å²) in [7, 11) is -5.39. The van der Waals surface area contributed by atoms with Crippen LogP contribution in [0.25, 0.3) is 0 Å². The molecule has 0 aliphatic carbocycles. The number of phosphoric acid groups is 1. The van der Waals surface area contributed by atoms with Gasteiger partial charge in [-0.3, -0.25) is 0 Å². The maximum absolute atomic E-state index is 8.55. The van der Waals surface area contributed by atoms with E-state index in [1.165, 1.54) is 193 Å². The largest absolute Gasteiger partial charge is 3.00 e.